The molecule has 2 saturated heterocycles. The second kappa shape index (κ2) is 7.72. The molecule has 1 aromatic carbocycles. The summed E-state index contributed by atoms with van der Waals surface area (Å²) in [7, 11) is 0. The predicted octanol–water partition coefficient (Wildman–Crippen LogP) is 2.36. The highest BCUT2D eigenvalue weighted by atomic mass is 16.6. The summed E-state index contributed by atoms with van der Waals surface area (Å²) < 4.78 is 5.24. The summed E-state index contributed by atoms with van der Waals surface area (Å²) in [6, 6.07) is 4.35. The molecule has 8 nitrogen and oxygen atoms in total. The number of carbonyl (C=O) groups excluding carboxylic acids is 2. The quantitative estimate of drug-likeness (QED) is 0.454. The van der Waals surface area contributed by atoms with Crippen molar-refractivity contribution >= 4 is 23.3 Å². The number of nitrogens with zero attached hydrogens (tertiary/aromatic N) is 3. The summed E-state index contributed by atoms with van der Waals surface area (Å²) >= 11 is 0. The molecule has 2 heterocycles. The van der Waals surface area contributed by atoms with E-state index in [-0.39, 0.29) is 17.2 Å². The average molecular weight is 361 g/mol. The Hall–Kier alpha value is -2.64. The van der Waals surface area contributed by atoms with E-state index in [1.165, 1.54) is 19.1 Å². The topological polar surface area (TPSA) is 93.0 Å². The number of ether oxygens (including phenoxy) is 1. The highest BCUT2D eigenvalue weighted by Gasteiger charge is 2.28. The summed E-state index contributed by atoms with van der Waals surface area (Å²) in [6.45, 7) is 4.43. The first-order valence-electron chi connectivity index (χ1n) is 9.00. The minimum absolute atomic E-state index is 0.0840. The van der Waals surface area contributed by atoms with Gasteiger partial charge in [0.1, 0.15) is 5.69 Å². The first-order chi connectivity index (χ1) is 12.5. The van der Waals surface area contributed by atoms with Crippen LogP contribution in [0, 0.1) is 10.1 Å². The number of amides is 1. The summed E-state index contributed by atoms with van der Waals surface area (Å²) in [5.74, 6) is -0.944. The molecule has 26 heavy (non-hydrogen) atoms. The lowest BCUT2D eigenvalue weighted by Crippen LogP contribution is -2.38. The van der Waals surface area contributed by atoms with E-state index in [1.807, 2.05) is 4.90 Å². The molecule has 140 valence electrons. The van der Waals surface area contributed by atoms with E-state index in [4.69, 9.17) is 4.74 Å². The molecule has 1 amide bonds. The third kappa shape index (κ3) is 3.79. The number of hydrogen-bond donors (Lipinski definition) is 0. The third-order valence-corrected chi connectivity index (χ3v) is 4.90. The number of carbonyl (C=O) groups is 2. The van der Waals surface area contributed by atoms with Crippen molar-refractivity contribution in [2.24, 2.45) is 0 Å². The molecule has 0 saturated carbocycles. The first-order valence-corrected chi connectivity index (χ1v) is 9.00. The molecule has 0 spiro atoms. The van der Waals surface area contributed by atoms with Gasteiger partial charge in [-0.05, 0) is 44.7 Å². The van der Waals surface area contributed by atoms with Gasteiger partial charge in [-0.3, -0.25) is 14.9 Å². The highest BCUT2D eigenvalue weighted by molar-refractivity contribution is 5.93. The summed E-state index contributed by atoms with van der Waals surface area (Å²) in [6.07, 6.45) is 3.00. The molecule has 2 fully saturated rings. The second-order valence-electron chi connectivity index (χ2n) is 6.73. The van der Waals surface area contributed by atoms with Crippen LogP contribution in [0.25, 0.3) is 0 Å². The monoisotopic (exact) mass is 361 g/mol. The maximum absolute atomic E-state index is 12.4. The molecule has 2 aliphatic heterocycles. The largest absolute Gasteiger partial charge is 0.449 e. The molecule has 0 radical (unpaired) electrons. The Bertz CT molecular complexity index is 709. The van der Waals surface area contributed by atoms with Crippen LogP contribution in [0.15, 0.2) is 18.2 Å². The van der Waals surface area contributed by atoms with Gasteiger partial charge in [0, 0.05) is 32.2 Å². The predicted molar refractivity (Wildman–Crippen MR) is 95.2 cm³/mol. The first kappa shape index (κ1) is 18.2. The van der Waals surface area contributed by atoms with Crippen LogP contribution in [0.2, 0.25) is 0 Å². The van der Waals surface area contributed by atoms with Crippen molar-refractivity contribution in [2.75, 3.05) is 31.1 Å². The molecule has 0 bridgehead atoms. The number of hydrogen-bond acceptors (Lipinski definition) is 6. The van der Waals surface area contributed by atoms with Crippen LogP contribution >= 0.6 is 0 Å². The Kier molecular flexibility index (Phi) is 5.39. The Morgan fingerprint density at radius 2 is 1.73 bits per heavy atom. The summed E-state index contributed by atoms with van der Waals surface area (Å²) in [5.41, 5.74) is 0.492. The minimum Gasteiger partial charge on any atom is -0.449 e. The number of rotatable bonds is 5. The van der Waals surface area contributed by atoms with E-state index >= 15 is 0 Å². The normalized spacial score (nSPS) is 18.0. The number of esters is 1. The zero-order chi connectivity index (χ0) is 18.7. The van der Waals surface area contributed by atoms with Crippen LogP contribution in [0.4, 0.5) is 11.4 Å². The van der Waals surface area contributed by atoms with Crippen LogP contribution in [-0.2, 0) is 9.53 Å². The Balaban J connectivity index is 1.73. The molecule has 0 aliphatic carbocycles. The maximum atomic E-state index is 12.4. The summed E-state index contributed by atoms with van der Waals surface area (Å²) in [5, 5.41) is 11.4. The van der Waals surface area contributed by atoms with Crippen LogP contribution in [0.3, 0.4) is 0 Å². The SMILES string of the molecule is CC(OC(=O)c1ccc(N2CCCC2)c([N+](=O)[O-])c1)C(=O)N1CCCC1. The molecule has 8 heteroatoms. The highest BCUT2D eigenvalue weighted by Crippen LogP contribution is 2.32. The number of nitro benzene ring substituents is 1. The van der Waals surface area contributed by atoms with Gasteiger partial charge in [0.05, 0.1) is 10.5 Å². The van der Waals surface area contributed by atoms with Gasteiger partial charge in [-0.15, -0.1) is 0 Å². The number of anilines is 1. The van der Waals surface area contributed by atoms with Crippen molar-refractivity contribution in [3.05, 3.63) is 33.9 Å². The molecule has 3 rings (SSSR count). The smallest absolute Gasteiger partial charge is 0.339 e. The number of benzene rings is 1. The van der Waals surface area contributed by atoms with Gasteiger partial charge >= 0.3 is 5.97 Å². The van der Waals surface area contributed by atoms with Gasteiger partial charge in [-0.25, -0.2) is 4.79 Å². The molecule has 1 atom stereocenters. The van der Waals surface area contributed by atoms with Gasteiger partial charge < -0.3 is 14.5 Å². The summed E-state index contributed by atoms with van der Waals surface area (Å²) in [4.78, 5) is 39.2. The van der Waals surface area contributed by atoms with Crippen LogP contribution in [0.1, 0.15) is 43.0 Å². The Morgan fingerprint density at radius 1 is 1.12 bits per heavy atom. The number of nitro groups is 1. The van der Waals surface area contributed by atoms with Crippen molar-refractivity contribution in [1.29, 1.82) is 0 Å². The second-order valence-corrected chi connectivity index (χ2v) is 6.73. The fourth-order valence-electron chi connectivity index (χ4n) is 3.50. The molecule has 2 aliphatic rings. The van der Waals surface area contributed by atoms with Gasteiger partial charge in [0.15, 0.2) is 6.10 Å². The molecular formula is C18H23N3O5. The van der Waals surface area contributed by atoms with Gasteiger partial charge in [0.25, 0.3) is 11.6 Å². The standard InChI is InChI=1S/C18H23N3O5/c1-13(17(22)20-10-4-5-11-20)26-18(23)14-6-7-15(16(12-14)21(24)25)19-8-2-3-9-19/h6-7,12-13H,2-5,8-11H2,1H3. The van der Waals surface area contributed by atoms with Crippen molar-refractivity contribution in [1.82, 2.24) is 4.90 Å². The van der Waals surface area contributed by atoms with E-state index in [9.17, 15) is 19.7 Å². The van der Waals surface area contributed by atoms with Crippen molar-refractivity contribution in [2.45, 2.75) is 38.7 Å². The minimum atomic E-state index is -0.905. The lowest BCUT2D eigenvalue weighted by molar-refractivity contribution is -0.384. The van der Waals surface area contributed by atoms with Crippen molar-refractivity contribution in [3.8, 4) is 0 Å². The zero-order valence-corrected chi connectivity index (χ0v) is 14.8. The fraction of sp³-hybridized carbons (Fsp3) is 0.556. The van der Waals surface area contributed by atoms with E-state index in [0.717, 1.165) is 38.8 Å². The third-order valence-electron chi connectivity index (χ3n) is 4.90. The zero-order valence-electron chi connectivity index (χ0n) is 14.8. The van der Waals surface area contributed by atoms with Gasteiger partial charge in [0.2, 0.25) is 0 Å². The Morgan fingerprint density at radius 3 is 2.35 bits per heavy atom. The van der Waals surface area contributed by atoms with Crippen LogP contribution in [0.5, 0.6) is 0 Å². The van der Waals surface area contributed by atoms with Crippen LogP contribution < -0.4 is 4.90 Å². The van der Waals surface area contributed by atoms with E-state index < -0.39 is 17.0 Å². The lowest BCUT2D eigenvalue weighted by atomic mass is 10.1. The van der Waals surface area contributed by atoms with Gasteiger partial charge in [-0.2, -0.15) is 0 Å². The van der Waals surface area contributed by atoms with E-state index in [1.54, 1.807) is 11.0 Å². The van der Waals surface area contributed by atoms with Gasteiger partial charge in [-0.1, -0.05) is 0 Å². The lowest BCUT2D eigenvalue weighted by Gasteiger charge is -2.21. The number of likely N-dealkylation sites (tertiary alicyclic amines) is 1. The van der Waals surface area contributed by atoms with E-state index in [0.29, 0.717) is 18.8 Å². The van der Waals surface area contributed by atoms with E-state index in [2.05, 4.69) is 0 Å². The van der Waals surface area contributed by atoms with Crippen molar-refractivity contribution in [3.63, 3.8) is 0 Å². The van der Waals surface area contributed by atoms with Crippen molar-refractivity contribution < 1.29 is 19.2 Å². The molecule has 0 N–H and O–H groups in total. The van der Waals surface area contributed by atoms with Crippen LogP contribution in [-0.4, -0.2) is 54.0 Å². The fourth-order valence-corrected chi connectivity index (χ4v) is 3.50. The molecule has 1 unspecified atom stereocenters. The average Bonchev–Trinajstić information content (AvgIpc) is 3.33. The Labute approximate surface area is 151 Å². The molecule has 0 aromatic heterocycles. The molecular weight excluding hydrogens is 338 g/mol. The maximum Gasteiger partial charge on any atom is 0.339 e. The molecule has 1 aromatic rings.